The molecule has 1 saturated heterocycles. The molecule has 28 heavy (non-hydrogen) atoms. The van der Waals surface area contributed by atoms with Crippen LogP contribution in [-0.4, -0.2) is 43.3 Å². The highest BCUT2D eigenvalue weighted by Gasteiger charge is 2.31. The number of ether oxygens (including phenoxy) is 2. The molecule has 2 aromatic carbocycles. The van der Waals surface area contributed by atoms with Crippen molar-refractivity contribution in [2.24, 2.45) is 4.99 Å². The summed E-state index contributed by atoms with van der Waals surface area (Å²) in [7, 11) is 1.64. The Kier molecular flexibility index (Phi) is 6.55. The van der Waals surface area contributed by atoms with Crippen LogP contribution in [0.25, 0.3) is 10.8 Å². The lowest BCUT2D eigenvalue weighted by Crippen LogP contribution is -2.35. The first-order valence-electron chi connectivity index (χ1n) is 10.3. The number of hydrogen-bond donors (Lipinski definition) is 0. The van der Waals surface area contributed by atoms with Crippen molar-refractivity contribution in [3.8, 4) is 11.5 Å². The lowest BCUT2D eigenvalue weighted by molar-refractivity contribution is 0.0775. The third kappa shape index (κ3) is 3.84. The Hall–Kier alpha value is -2.56. The van der Waals surface area contributed by atoms with Crippen LogP contribution in [0.4, 0.5) is 5.69 Å². The van der Waals surface area contributed by atoms with Gasteiger partial charge in [-0.3, -0.25) is 9.79 Å². The molecule has 1 amide bonds. The summed E-state index contributed by atoms with van der Waals surface area (Å²) < 4.78 is 11.4. The van der Waals surface area contributed by atoms with Crippen LogP contribution < -0.4 is 9.47 Å². The molecule has 0 saturated carbocycles. The molecule has 0 aliphatic carbocycles. The van der Waals surface area contributed by atoms with Gasteiger partial charge in [-0.25, -0.2) is 0 Å². The summed E-state index contributed by atoms with van der Waals surface area (Å²) >= 11 is 0. The van der Waals surface area contributed by atoms with Gasteiger partial charge in [0.05, 0.1) is 31.0 Å². The van der Waals surface area contributed by atoms with Crippen molar-refractivity contribution in [1.29, 1.82) is 0 Å². The van der Waals surface area contributed by atoms with E-state index in [9.17, 15) is 4.79 Å². The van der Waals surface area contributed by atoms with Gasteiger partial charge in [0.1, 0.15) is 0 Å². The van der Waals surface area contributed by atoms with E-state index in [2.05, 4.69) is 11.9 Å². The second kappa shape index (κ2) is 9.09. The van der Waals surface area contributed by atoms with Gasteiger partial charge in [-0.2, -0.15) is 0 Å². The van der Waals surface area contributed by atoms with Crippen molar-refractivity contribution in [2.75, 3.05) is 20.3 Å². The normalized spacial score (nSPS) is 17.5. The third-order valence-corrected chi connectivity index (χ3v) is 5.17. The SMILES string of the molecule is CC.CCCCOc1cc2cc3c(cc2cc1OC)C(=O)N1CCCC1C=N3. The first-order valence-corrected chi connectivity index (χ1v) is 10.3. The van der Waals surface area contributed by atoms with E-state index in [-0.39, 0.29) is 11.9 Å². The molecule has 5 heteroatoms. The molecular formula is C23H30N2O3. The van der Waals surface area contributed by atoms with Gasteiger partial charge >= 0.3 is 0 Å². The highest BCUT2D eigenvalue weighted by Crippen LogP contribution is 2.37. The van der Waals surface area contributed by atoms with Crippen LogP contribution in [0, 0.1) is 0 Å². The molecule has 1 unspecified atom stereocenters. The maximum Gasteiger partial charge on any atom is 0.256 e. The lowest BCUT2D eigenvalue weighted by Gasteiger charge is -2.20. The highest BCUT2D eigenvalue weighted by molar-refractivity contribution is 6.07. The van der Waals surface area contributed by atoms with Crippen LogP contribution in [0.1, 0.15) is 56.8 Å². The molecule has 5 nitrogen and oxygen atoms in total. The van der Waals surface area contributed by atoms with Crippen molar-refractivity contribution in [1.82, 2.24) is 4.90 Å². The number of carbonyl (C=O) groups excluding carboxylic acids is 1. The van der Waals surface area contributed by atoms with Gasteiger partial charge in [-0.15, -0.1) is 0 Å². The van der Waals surface area contributed by atoms with Gasteiger partial charge < -0.3 is 14.4 Å². The molecule has 2 aliphatic heterocycles. The third-order valence-electron chi connectivity index (χ3n) is 5.17. The number of hydrogen-bond acceptors (Lipinski definition) is 4. The zero-order chi connectivity index (χ0) is 20.1. The minimum atomic E-state index is 0.0733. The van der Waals surface area contributed by atoms with Crippen molar-refractivity contribution in [3.63, 3.8) is 0 Å². The van der Waals surface area contributed by atoms with Gasteiger partial charge in [0.25, 0.3) is 5.91 Å². The molecule has 1 fully saturated rings. The number of methoxy groups -OCH3 is 1. The second-order valence-electron chi connectivity index (χ2n) is 6.91. The van der Waals surface area contributed by atoms with E-state index in [4.69, 9.17) is 9.47 Å². The van der Waals surface area contributed by atoms with Gasteiger partial charge in [0.2, 0.25) is 0 Å². The van der Waals surface area contributed by atoms with E-state index in [0.717, 1.165) is 54.4 Å². The van der Waals surface area contributed by atoms with Crippen molar-refractivity contribution in [3.05, 3.63) is 29.8 Å². The Morgan fingerprint density at radius 2 is 1.89 bits per heavy atom. The lowest BCUT2D eigenvalue weighted by atomic mass is 10.0. The summed E-state index contributed by atoms with van der Waals surface area (Å²) in [5.41, 5.74) is 1.40. The number of aliphatic imine (C=N–C) groups is 1. The van der Waals surface area contributed by atoms with Gasteiger partial charge in [-0.05, 0) is 54.3 Å². The average molecular weight is 383 g/mol. The molecule has 1 atom stereocenters. The molecule has 0 bridgehead atoms. The summed E-state index contributed by atoms with van der Waals surface area (Å²) in [4.78, 5) is 19.5. The van der Waals surface area contributed by atoms with E-state index in [1.54, 1.807) is 7.11 Å². The molecule has 2 aromatic rings. The molecule has 4 rings (SSSR count). The van der Waals surface area contributed by atoms with Crippen molar-refractivity contribution < 1.29 is 14.3 Å². The number of unbranched alkanes of at least 4 members (excludes halogenated alkanes) is 1. The highest BCUT2D eigenvalue weighted by atomic mass is 16.5. The number of rotatable bonds is 5. The zero-order valence-electron chi connectivity index (χ0n) is 17.3. The fourth-order valence-electron chi connectivity index (χ4n) is 3.69. The molecule has 150 valence electrons. The Morgan fingerprint density at radius 1 is 1.14 bits per heavy atom. The molecule has 2 aliphatic rings. The summed E-state index contributed by atoms with van der Waals surface area (Å²) in [6, 6.07) is 7.97. The van der Waals surface area contributed by atoms with Crippen LogP contribution in [0.2, 0.25) is 0 Å². The number of nitrogens with zero attached hydrogens (tertiary/aromatic N) is 2. The van der Waals surface area contributed by atoms with Crippen LogP contribution in [0.15, 0.2) is 29.3 Å². The summed E-state index contributed by atoms with van der Waals surface area (Å²) in [6.07, 6.45) is 6.04. The van der Waals surface area contributed by atoms with E-state index in [1.165, 1.54) is 0 Å². The van der Waals surface area contributed by atoms with Crippen LogP contribution in [-0.2, 0) is 0 Å². The van der Waals surface area contributed by atoms with Crippen LogP contribution in [0.3, 0.4) is 0 Å². The number of fused-ring (bicyclic) bond motifs is 3. The first-order chi connectivity index (χ1) is 13.7. The number of benzene rings is 2. The largest absolute Gasteiger partial charge is 0.493 e. The number of amides is 1. The fourth-order valence-corrected chi connectivity index (χ4v) is 3.69. The predicted octanol–water partition coefficient (Wildman–Crippen LogP) is 5.37. The molecule has 0 spiro atoms. The summed E-state index contributed by atoms with van der Waals surface area (Å²) in [5.74, 6) is 1.50. The Balaban J connectivity index is 0.00000109. The predicted molar refractivity (Wildman–Crippen MR) is 114 cm³/mol. The first kappa shape index (κ1) is 20.2. The van der Waals surface area contributed by atoms with Crippen LogP contribution >= 0.6 is 0 Å². The summed E-state index contributed by atoms with van der Waals surface area (Å²) in [5, 5.41) is 1.97. The molecule has 0 N–H and O–H groups in total. The minimum absolute atomic E-state index is 0.0733. The van der Waals surface area contributed by atoms with E-state index in [1.807, 2.05) is 49.2 Å². The van der Waals surface area contributed by atoms with Crippen molar-refractivity contribution >= 4 is 28.6 Å². The second-order valence-corrected chi connectivity index (χ2v) is 6.91. The van der Waals surface area contributed by atoms with Crippen molar-refractivity contribution in [2.45, 2.75) is 52.5 Å². The van der Waals surface area contributed by atoms with Gasteiger partial charge in [-0.1, -0.05) is 27.2 Å². The topological polar surface area (TPSA) is 51.1 Å². The minimum Gasteiger partial charge on any atom is -0.493 e. The number of carbonyl (C=O) groups is 1. The van der Waals surface area contributed by atoms with Gasteiger partial charge in [0.15, 0.2) is 11.5 Å². The zero-order valence-corrected chi connectivity index (χ0v) is 17.3. The molecule has 0 radical (unpaired) electrons. The Morgan fingerprint density at radius 3 is 2.64 bits per heavy atom. The molecule has 0 aromatic heterocycles. The maximum atomic E-state index is 12.9. The van der Waals surface area contributed by atoms with E-state index >= 15 is 0 Å². The van der Waals surface area contributed by atoms with E-state index < -0.39 is 0 Å². The standard InChI is InChI=1S/C21H24N2O3.C2H6/c1-3-4-8-26-20-12-15-10-18-17(9-14(15)11-19(20)25-2)21(24)23-7-5-6-16(23)13-22-18;1-2/h9-13,16H,3-8H2,1-2H3;1-2H3. The molecular weight excluding hydrogens is 352 g/mol. The molecule has 2 heterocycles. The smallest absolute Gasteiger partial charge is 0.256 e. The monoisotopic (exact) mass is 382 g/mol. The Bertz CT molecular complexity index is 876. The average Bonchev–Trinajstić information content (AvgIpc) is 3.16. The maximum absolute atomic E-state index is 12.9. The fraction of sp³-hybridized carbons (Fsp3) is 0.478. The van der Waals surface area contributed by atoms with E-state index in [0.29, 0.717) is 17.9 Å². The quantitative estimate of drug-likeness (QED) is 0.653. The summed E-state index contributed by atoms with van der Waals surface area (Å²) in [6.45, 7) is 7.60. The van der Waals surface area contributed by atoms with Gasteiger partial charge in [0, 0.05) is 12.8 Å². The van der Waals surface area contributed by atoms with Crippen LogP contribution in [0.5, 0.6) is 11.5 Å². The Labute approximate surface area is 167 Å².